The van der Waals surface area contributed by atoms with Crippen LogP contribution < -0.4 is 15.5 Å². The lowest BCUT2D eigenvalue weighted by Gasteiger charge is -2.25. The van der Waals surface area contributed by atoms with Gasteiger partial charge in [-0.3, -0.25) is 4.99 Å². The zero-order valence-electron chi connectivity index (χ0n) is 19.0. The number of halogens is 1. The van der Waals surface area contributed by atoms with Crippen molar-refractivity contribution in [2.24, 2.45) is 4.99 Å². The Labute approximate surface area is 205 Å². The average Bonchev–Trinajstić information content (AvgIpc) is 3.18. The normalized spacial score (nSPS) is 15.8. The van der Waals surface area contributed by atoms with Gasteiger partial charge in [-0.2, -0.15) is 5.10 Å². The van der Waals surface area contributed by atoms with Gasteiger partial charge in [0.2, 0.25) is 0 Å². The number of nitrogens with zero attached hydrogens (tertiary/aromatic N) is 6. The van der Waals surface area contributed by atoms with Gasteiger partial charge in [-0.1, -0.05) is 18.2 Å². The maximum atomic E-state index is 5.15. The molecule has 0 fully saturated rings. The number of hydrogen-bond donors (Lipinski definition) is 2. The molecule has 32 heavy (non-hydrogen) atoms. The highest BCUT2D eigenvalue weighted by Crippen LogP contribution is 2.22. The molecule has 0 saturated carbocycles. The van der Waals surface area contributed by atoms with Gasteiger partial charge in [-0.25, -0.2) is 14.6 Å². The van der Waals surface area contributed by atoms with E-state index in [1.54, 1.807) is 14.2 Å². The van der Waals surface area contributed by atoms with Crippen molar-refractivity contribution in [2.45, 2.75) is 38.6 Å². The zero-order valence-corrected chi connectivity index (χ0v) is 21.3. The summed E-state index contributed by atoms with van der Waals surface area (Å²) in [6, 6.07) is 10.6. The summed E-state index contributed by atoms with van der Waals surface area (Å²) in [5, 5.41) is 12.7. The van der Waals surface area contributed by atoms with E-state index < -0.39 is 0 Å². The molecule has 0 aliphatic carbocycles. The highest BCUT2D eigenvalue weighted by Gasteiger charge is 2.22. The third-order valence-electron chi connectivity index (χ3n) is 5.43. The molecule has 0 spiro atoms. The topological polar surface area (TPSA) is 92.5 Å². The molecular weight excluding hydrogens is 519 g/mol. The molecule has 3 aromatic rings. The molecule has 2 N–H and O–H groups in total. The number of aliphatic imine (C=N–C) groups is 1. The molecule has 0 saturated heterocycles. The van der Waals surface area contributed by atoms with Crippen molar-refractivity contribution in [1.82, 2.24) is 30.4 Å². The quantitative estimate of drug-likeness (QED) is 0.277. The molecule has 1 atom stereocenters. The molecule has 0 bridgehead atoms. The molecule has 1 aliphatic rings. The Morgan fingerprint density at radius 3 is 2.84 bits per heavy atom. The third-order valence-corrected chi connectivity index (χ3v) is 5.43. The number of pyridine rings is 1. The Balaban J connectivity index is 0.00000289. The highest BCUT2D eigenvalue weighted by atomic mass is 127. The van der Waals surface area contributed by atoms with Crippen LogP contribution in [0.4, 0.5) is 5.82 Å². The Hall–Kier alpha value is -2.47. The highest BCUT2D eigenvalue weighted by molar-refractivity contribution is 14.0. The van der Waals surface area contributed by atoms with E-state index in [9.17, 15) is 0 Å². The maximum absolute atomic E-state index is 5.15. The first-order valence-electron chi connectivity index (χ1n) is 10.5. The number of nitrogens with one attached hydrogen (secondary N) is 2. The Morgan fingerprint density at radius 2 is 2.09 bits per heavy atom. The number of rotatable bonds is 6. The van der Waals surface area contributed by atoms with Crippen LogP contribution in [0.2, 0.25) is 0 Å². The first-order valence-corrected chi connectivity index (χ1v) is 10.5. The first kappa shape index (κ1) is 24.2. The van der Waals surface area contributed by atoms with Gasteiger partial charge < -0.3 is 20.3 Å². The molecule has 2 aromatic heterocycles. The number of methoxy groups -OCH3 is 1. The number of aromatic nitrogens is 4. The molecule has 172 valence electrons. The van der Waals surface area contributed by atoms with Gasteiger partial charge in [0.15, 0.2) is 11.8 Å². The molecule has 1 aliphatic heterocycles. The minimum atomic E-state index is 0. The Kier molecular flexibility index (Phi) is 8.24. The fourth-order valence-electron chi connectivity index (χ4n) is 3.84. The van der Waals surface area contributed by atoms with E-state index in [-0.39, 0.29) is 30.0 Å². The second kappa shape index (κ2) is 10.9. The lowest BCUT2D eigenvalue weighted by Crippen LogP contribution is -2.46. The molecule has 1 aromatic carbocycles. The molecule has 4 rings (SSSR count). The van der Waals surface area contributed by atoms with Crippen molar-refractivity contribution >= 4 is 46.7 Å². The number of fused-ring (bicyclic) bond motifs is 2. The fraction of sp³-hybridized carbons (Fsp3) is 0.455. The molecule has 0 amide bonds. The van der Waals surface area contributed by atoms with Crippen molar-refractivity contribution in [3.63, 3.8) is 0 Å². The van der Waals surface area contributed by atoms with Crippen LogP contribution in [0.5, 0.6) is 0 Å². The number of aryl methyl sites for hydroxylation is 1. The summed E-state index contributed by atoms with van der Waals surface area (Å²) < 4.78 is 7.13. The lowest BCUT2D eigenvalue weighted by molar-refractivity contribution is 0.177. The van der Waals surface area contributed by atoms with E-state index in [1.165, 1.54) is 5.56 Å². The monoisotopic (exact) mass is 550 g/mol. The zero-order chi connectivity index (χ0) is 21.8. The predicted molar refractivity (Wildman–Crippen MR) is 138 cm³/mol. The van der Waals surface area contributed by atoms with Crippen LogP contribution in [0.25, 0.3) is 10.9 Å². The van der Waals surface area contributed by atoms with E-state index >= 15 is 0 Å². The van der Waals surface area contributed by atoms with Crippen molar-refractivity contribution in [2.75, 3.05) is 33.2 Å². The van der Waals surface area contributed by atoms with Crippen LogP contribution in [0.1, 0.15) is 23.6 Å². The Morgan fingerprint density at radius 1 is 1.28 bits per heavy atom. The van der Waals surface area contributed by atoms with E-state index in [0.29, 0.717) is 13.2 Å². The first-order chi connectivity index (χ1) is 15.1. The summed E-state index contributed by atoms with van der Waals surface area (Å²) >= 11 is 0. The SMILES string of the molecule is CN=C(NCc1cc(N(C)C)nc2ccccc12)NC1CCc2nc(COC)nn2C1.I. The van der Waals surface area contributed by atoms with Crippen molar-refractivity contribution in [3.8, 4) is 0 Å². The maximum Gasteiger partial charge on any atom is 0.191 e. The number of benzene rings is 1. The Bertz CT molecular complexity index is 1080. The number of ether oxygens (including phenoxy) is 1. The van der Waals surface area contributed by atoms with E-state index in [1.807, 2.05) is 35.8 Å². The van der Waals surface area contributed by atoms with Gasteiger partial charge in [0.1, 0.15) is 18.2 Å². The summed E-state index contributed by atoms with van der Waals surface area (Å²) in [6.45, 7) is 1.86. The molecule has 9 nitrogen and oxygen atoms in total. The van der Waals surface area contributed by atoms with Gasteiger partial charge >= 0.3 is 0 Å². The number of anilines is 1. The van der Waals surface area contributed by atoms with E-state index in [4.69, 9.17) is 9.72 Å². The van der Waals surface area contributed by atoms with Crippen LogP contribution in [-0.4, -0.2) is 60.0 Å². The minimum Gasteiger partial charge on any atom is -0.377 e. The van der Waals surface area contributed by atoms with E-state index in [0.717, 1.165) is 53.7 Å². The van der Waals surface area contributed by atoms with E-state index in [2.05, 4.69) is 43.9 Å². The molecular formula is C22H31IN8O. The van der Waals surface area contributed by atoms with Crippen LogP contribution in [0.3, 0.4) is 0 Å². The summed E-state index contributed by atoms with van der Waals surface area (Å²) in [5.74, 6) is 3.48. The summed E-state index contributed by atoms with van der Waals surface area (Å²) in [4.78, 5) is 15.7. The van der Waals surface area contributed by atoms with Crippen molar-refractivity contribution < 1.29 is 4.74 Å². The number of para-hydroxylation sites is 1. The summed E-state index contributed by atoms with van der Waals surface area (Å²) in [7, 11) is 7.47. The largest absolute Gasteiger partial charge is 0.377 e. The minimum absolute atomic E-state index is 0. The standard InChI is InChI=1S/C22H30N8O.HI/c1-23-22(25-16-9-10-20-27-19(14-31-4)28-30(20)13-16)24-12-15-11-21(29(2)3)26-18-8-6-5-7-17(15)18;/h5-8,11,16H,9-10,12-14H2,1-4H3,(H2,23,24,25);1H. The second-order valence-corrected chi connectivity index (χ2v) is 7.92. The van der Waals surface area contributed by atoms with Crippen LogP contribution in [-0.2, 0) is 30.9 Å². The van der Waals surface area contributed by atoms with Gasteiger partial charge in [0, 0.05) is 52.6 Å². The van der Waals surface area contributed by atoms with Crippen molar-refractivity contribution in [3.05, 3.63) is 47.5 Å². The third kappa shape index (κ3) is 5.47. The molecule has 1 unspecified atom stereocenters. The van der Waals surface area contributed by atoms with Crippen molar-refractivity contribution in [1.29, 1.82) is 0 Å². The van der Waals surface area contributed by atoms with Gasteiger partial charge in [-0.05, 0) is 24.1 Å². The van der Waals surface area contributed by atoms with Crippen LogP contribution in [0.15, 0.2) is 35.3 Å². The molecule has 10 heteroatoms. The second-order valence-electron chi connectivity index (χ2n) is 7.92. The lowest BCUT2D eigenvalue weighted by atomic mass is 10.1. The van der Waals surface area contributed by atoms with Gasteiger partial charge in [0.05, 0.1) is 12.1 Å². The summed E-state index contributed by atoms with van der Waals surface area (Å²) in [5.41, 5.74) is 2.18. The number of guanidine groups is 1. The number of hydrogen-bond acceptors (Lipinski definition) is 6. The summed E-state index contributed by atoms with van der Waals surface area (Å²) in [6.07, 6.45) is 1.86. The smallest absolute Gasteiger partial charge is 0.191 e. The average molecular weight is 550 g/mol. The molecule has 0 radical (unpaired) electrons. The van der Waals surface area contributed by atoms with Crippen LogP contribution in [0, 0.1) is 0 Å². The van der Waals surface area contributed by atoms with Gasteiger partial charge in [0.25, 0.3) is 0 Å². The van der Waals surface area contributed by atoms with Gasteiger partial charge in [-0.15, -0.1) is 24.0 Å². The van der Waals surface area contributed by atoms with Crippen LogP contribution >= 0.6 is 24.0 Å². The predicted octanol–water partition coefficient (Wildman–Crippen LogP) is 2.34. The molecule has 3 heterocycles. The fourth-order valence-corrected chi connectivity index (χ4v) is 3.84.